The van der Waals surface area contributed by atoms with Gasteiger partial charge in [0.2, 0.25) is 0 Å². The smallest absolute Gasteiger partial charge is 0.310 e. The summed E-state index contributed by atoms with van der Waals surface area (Å²) in [5.74, 6) is 1.30. The quantitative estimate of drug-likeness (QED) is 0.868. The van der Waals surface area contributed by atoms with Gasteiger partial charge in [-0.25, -0.2) is 0 Å². The maximum Gasteiger partial charge on any atom is 0.310 e. The van der Waals surface area contributed by atoms with Crippen LogP contribution in [0.4, 0.5) is 0 Å². The number of carboxylic acids is 1. The fourth-order valence-corrected chi connectivity index (χ4v) is 3.24. The van der Waals surface area contributed by atoms with Gasteiger partial charge in [0.15, 0.2) is 0 Å². The van der Waals surface area contributed by atoms with Gasteiger partial charge < -0.3 is 9.52 Å². The van der Waals surface area contributed by atoms with Crippen molar-refractivity contribution in [1.29, 1.82) is 0 Å². The highest BCUT2D eigenvalue weighted by atomic mass is 16.4. The topological polar surface area (TPSA) is 53.7 Å². The number of carbonyl (C=O) groups is 1. The molecule has 20 heavy (non-hydrogen) atoms. The third-order valence-electron chi connectivity index (χ3n) is 4.28. The minimum absolute atomic E-state index is 0.562. The fourth-order valence-electron chi connectivity index (χ4n) is 3.24. The lowest BCUT2D eigenvalue weighted by molar-refractivity contribution is -0.153. The van der Waals surface area contributed by atoms with E-state index in [4.69, 9.17) is 4.42 Å². The molecular weight excluding hydrogens is 254 g/mol. The van der Waals surface area contributed by atoms with E-state index in [1.165, 1.54) is 0 Å². The second-order valence-corrected chi connectivity index (χ2v) is 5.87. The summed E-state index contributed by atoms with van der Waals surface area (Å²) in [6.45, 7) is 6.45. The predicted octanol–water partition coefficient (Wildman–Crippen LogP) is 3.31. The molecule has 0 saturated carbocycles. The number of aryl methyl sites for hydroxylation is 1. The molecule has 0 radical (unpaired) electrons. The van der Waals surface area contributed by atoms with Crippen molar-refractivity contribution < 1.29 is 14.3 Å². The largest absolute Gasteiger partial charge is 0.481 e. The van der Waals surface area contributed by atoms with Crippen LogP contribution in [0.2, 0.25) is 0 Å². The zero-order valence-electron chi connectivity index (χ0n) is 12.5. The summed E-state index contributed by atoms with van der Waals surface area (Å²) >= 11 is 0. The Bertz CT molecular complexity index is 450. The Hall–Kier alpha value is -1.29. The molecule has 0 amide bonds. The number of nitrogens with zero attached hydrogens (tertiary/aromatic N) is 1. The molecule has 1 aromatic rings. The van der Waals surface area contributed by atoms with Gasteiger partial charge in [-0.3, -0.25) is 9.69 Å². The van der Waals surface area contributed by atoms with Crippen LogP contribution in [0.1, 0.15) is 51.1 Å². The second kappa shape index (κ2) is 6.44. The van der Waals surface area contributed by atoms with E-state index in [1.54, 1.807) is 0 Å². The number of hydrogen-bond acceptors (Lipinski definition) is 3. The first-order chi connectivity index (χ1) is 9.59. The predicted molar refractivity (Wildman–Crippen MR) is 77.6 cm³/mol. The monoisotopic (exact) mass is 279 g/mol. The molecule has 0 aromatic carbocycles. The van der Waals surface area contributed by atoms with Crippen LogP contribution in [-0.4, -0.2) is 29.1 Å². The molecule has 1 aromatic heterocycles. The van der Waals surface area contributed by atoms with Crippen molar-refractivity contribution in [3.8, 4) is 0 Å². The summed E-state index contributed by atoms with van der Waals surface area (Å²) in [5.41, 5.74) is -0.562. The van der Waals surface area contributed by atoms with Crippen molar-refractivity contribution >= 4 is 5.97 Å². The summed E-state index contributed by atoms with van der Waals surface area (Å²) in [5, 5.41) is 9.60. The first-order valence-electron chi connectivity index (χ1n) is 7.63. The molecule has 112 valence electrons. The van der Waals surface area contributed by atoms with Gasteiger partial charge in [-0.2, -0.15) is 0 Å². The molecule has 0 spiro atoms. The van der Waals surface area contributed by atoms with Crippen LogP contribution >= 0.6 is 0 Å². The van der Waals surface area contributed by atoms with Gasteiger partial charge in [-0.15, -0.1) is 0 Å². The van der Waals surface area contributed by atoms with Crippen LogP contribution in [-0.2, 0) is 17.8 Å². The van der Waals surface area contributed by atoms with Gasteiger partial charge in [0.05, 0.1) is 12.0 Å². The molecule has 4 nitrogen and oxygen atoms in total. The van der Waals surface area contributed by atoms with Crippen LogP contribution in [0.15, 0.2) is 16.5 Å². The van der Waals surface area contributed by atoms with Crippen molar-refractivity contribution in [2.24, 2.45) is 5.41 Å². The van der Waals surface area contributed by atoms with E-state index in [2.05, 4.69) is 18.7 Å². The number of hydrogen-bond donors (Lipinski definition) is 1. The zero-order valence-corrected chi connectivity index (χ0v) is 12.5. The van der Waals surface area contributed by atoms with Gasteiger partial charge in [0.25, 0.3) is 0 Å². The standard InChI is InChI=1S/C16H25NO3/c1-3-8-16(15(18)19)9-5-10-17(12-16)11-14-7-6-13(4-2)20-14/h6-7H,3-5,8-12H2,1-2H3,(H,18,19). The third-order valence-corrected chi connectivity index (χ3v) is 4.28. The first kappa shape index (κ1) is 15.1. The summed E-state index contributed by atoms with van der Waals surface area (Å²) < 4.78 is 5.74. The molecule has 0 aliphatic carbocycles. The zero-order chi connectivity index (χ0) is 14.6. The van der Waals surface area contributed by atoms with E-state index in [1.807, 2.05) is 12.1 Å². The summed E-state index contributed by atoms with van der Waals surface area (Å²) in [7, 11) is 0. The Balaban J connectivity index is 2.03. The molecule has 2 heterocycles. The van der Waals surface area contributed by atoms with E-state index in [0.29, 0.717) is 6.54 Å². The molecule has 4 heteroatoms. The number of furan rings is 1. The van der Waals surface area contributed by atoms with Crippen LogP contribution in [0.5, 0.6) is 0 Å². The van der Waals surface area contributed by atoms with Crippen LogP contribution < -0.4 is 0 Å². The molecule has 2 rings (SSSR count). The number of piperidine rings is 1. The Morgan fingerprint density at radius 1 is 1.40 bits per heavy atom. The Morgan fingerprint density at radius 2 is 2.15 bits per heavy atom. The third kappa shape index (κ3) is 3.23. The first-order valence-corrected chi connectivity index (χ1v) is 7.63. The lowest BCUT2D eigenvalue weighted by Crippen LogP contribution is -2.47. The van der Waals surface area contributed by atoms with Crippen LogP contribution in [0.3, 0.4) is 0 Å². The molecule has 1 fully saturated rings. The maximum atomic E-state index is 11.7. The lowest BCUT2D eigenvalue weighted by atomic mass is 9.76. The Morgan fingerprint density at radius 3 is 2.75 bits per heavy atom. The number of aliphatic carboxylic acids is 1. The van der Waals surface area contributed by atoms with E-state index in [0.717, 1.165) is 56.7 Å². The molecule has 1 N–H and O–H groups in total. The number of rotatable bonds is 6. The SMILES string of the molecule is CCCC1(C(=O)O)CCCN(Cc2ccc(CC)o2)C1. The highest BCUT2D eigenvalue weighted by Gasteiger charge is 2.41. The molecule has 1 saturated heterocycles. The lowest BCUT2D eigenvalue weighted by Gasteiger charge is -2.39. The second-order valence-electron chi connectivity index (χ2n) is 5.87. The van der Waals surface area contributed by atoms with Crippen molar-refractivity contribution in [2.45, 2.75) is 52.5 Å². The van der Waals surface area contributed by atoms with Gasteiger partial charge >= 0.3 is 5.97 Å². The Kier molecular flexibility index (Phi) is 4.86. The van der Waals surface area contributed by atoms with Crippen molar-refractivity contribution in [3.63, 3.8) is 0 Å². The van der Waals surface area contributed by atoms with E-state index >= 15 is 0 Å². The number of likely N-dealkylation sites (tertiary alicyclic amines) is 1. The average molecular weight is 279 g/mol. The van der Waals surface area contributed by atoms with Crippen molar-refractivity contribution in [3.05, 3.63) is 23.7 Å². The molecule has 1 aliphatic rings. The van der Waals surface area contributed by atoms with Crippen LogP contribution in [0.25, 0.3) is 0 Å². The fraction of sp³-hybridized carbons (Fsp3) is 0.688. The minimum Gasteiger partial charge on any atom is -0.481 e. The minimum atomic E-state index is -0.641. The highest BCUT2D eigenvalue weighted by molar-refractivity contribution is 5.75. The van der Waals surface area contributed by atoms with E-state index in [-0.39, 0.29) is 0 Å². The molecular formula is C16H25NO3. The molecule has 1 atom stereocenters. The summed E-state index contributed by atoms with van der Waals surface area (Å²) in [6.07, 6.45) is 4.33. The highest BCUT2D eigenvalue weighted by Crippen LogP contribution is 2.35. The molecule has 1 aliphatic heterocycles. The average Bonchev–Trinajstić information content (AvgIpc) is 2.87. The Labute approximate surface area is 120 Å². The molecule has 1 unspecified atom stereocenters. The summed E-state index contributed by atoms with van der Waals surface area (Å²) in [4.78, 5) is 13.9. The van der Waals surface area contributed by atoms with Crippen molar-refractivity contribution in [1.82, 2.24) is 4.90 Å². The van der Waals surface area contributed by atoms with Gasteiger partial charge in [-0.1, -0.05) is 20.3 Å². The van der Waals surface area contributed by atoms with Gasteiger partial charge in [0.1, 0.15) is 11.5 Å². The summed E-state index contributed by atoms with van der Waals surface area (Å²) in [6, 6.07) is 4.02. The van der Waals surface area contributed by atoms with Gasteiger partial charge in [-0.05, 0) is 37.9 Å². The van der Waals surface area contributed by atoms with E-state index in [9.17, 15) is 9.90 Å². The van der Waals surface area contributed by atoms with Crippen LogP contribution in [0, 0.1) is 5.41 Å². The van der Waals surface area contributed by atoms with E-state index < -0.39 is 11.4 Å². The van der Waals surface area contributed by atoms with Crippen molar-refractivity contribution in [2.75, 3.05) is 13.1 Å². The normalized spacial score (nSPS) is 23.9. The maximum absolute atomic E-state index is 11.7. The molecule has 0 bridgehead atoms. The van der Waals surface area contributed by atoms with Gasteiger partial charge in [0, 0.05) is 13.0 Å². The number of carboxylic acid groups (broad SMARTS) is 1.